The fraction of sp³-hybridized carbons (Fsp3) is 0.188. The highest BCUT2D eigenvalue weighted by atomic mass is 35.5. The molecule has 21 heavy (non-hydrogen) atoms. The third-order valence-electron chi connectivity index (χ3n) is 3.40. The molecule has 0 aliphatic carbocycles. The molecule has 0 aromatic heterocycles. The zero-order chi connectivity index (χ0) is 14.8. The molecule has 5 heteroatoms. The van der Waals surface area contributed by atoms with Gasteiger partial charge in [-0.3, -0.25) is 4.79 Å². The van der Waals surface area contributed by atoms with Crippen molar-refractivity contribution >= 4 is 17.5 Å². The predicted molar refractivity (Wildman–Crippen MR) is 78.2 cm³/mol. The number of nitrogens with one attached hydrogen (secondary N) is 1. The van der Waals surface area contributed by atoms with E-state index in [-0.39, 0.29) is 17.8 Å². The van der Waals surface area contributed by atoms with Crippen molar-refractivity contribution in [2.45, 2.75) is 12.5 Å². The van der Waals surface area contributed by atoms with Gasteiger partial charge in [-0.15, -0.1) is 0 Å². The summed E-state index contributed by atoms with van der Waals surface area (Å²) in [7, 11) is 0. The van der Waals surface area contributed by atoms with E-state index in [4.69, 9.17) is 16.3 Å². The Bertz CT molecular complexity index is 690. The van der Waals surface area contributed by atoms with Crippen LogP contribution in [0.1, 0.15) is 28.4 Å². The van der Waals surface area contributed by atoms with Crippen LogP contribution in [0.15, 0.2) is 42.5 Å². The molecule has 0 saturated carbocycles. The maximum atomic E-state index is 13.4. The smallest absolute Gasteiger partial charge is 0.251 e. The van der Waals surface area contributed by atoms with Gasteiger partial charge in [0.1, 0.15) is 11.6 Å². The first-order chi connectivity index (χ1) is 10.1. The highest BCUT2D eigenvalue weighted by Gasteiger charge is 2.24. The summed E-state index contributed by atoms with van der Waals surface area (Å²) in [5.74, 6) is 0.0277. The van der Waals surface area contributed by atoms with Gasteiger partial charge in [0.25, 0.3) is 5.91 Å². The molecule has 1 heterocycles. The van der Waals surface area contributed by atoms with Gasteiger partial charge in [-0.1, -0.05) is 17.7 Å². The summed E-state index contributed by atoms with van der Waals surface area (Å²) in [6, 6.07) is 10.8. The Morgan fingerprint density at radius 3 is 2.95 bits per heavy atom. The first-order valence-corrected chi connectivity index (χ1v) is 7.00. The summed E-state index contributed by atoms with van der Waals surface area (Å²) in [6.07, 6.45) is 0.600. The van der Waals surface area contributed by atoms with E-state index in [1.165, 1.54) is 12.1 Å². The Labute approximate surface area is 126 Å². The maximum absolute atomic E-state index is 13.4. The quantitative estimate of drug-likeness (QED) is 0.918. The third-order valence-corrected chi connectivity index (χ3v) is 3.64. The molecule has 108 valence electrons. The van der Waals surface area contributed by atoms with Crippen LogP contribution >= 0.6 is 11.6 Å². The molecule has 2 aromatic rings. The molecule has 0 bridgehead atoms. The van der Waals surface area contributed by atoms with Crippen LogP contribution in [-0.4, -0.2) is 12.5 Å². The Hall–Kier alpha value is -2.07. The summed E-state index contributed by atoms with van der Waals surface area (Å²) in [6.45, 7) is 0.485. The largest absolute Gasteiger partial charge is 0.493 e. The first kappa shape index (κ1) is 13.9. The van der Waals surface area contributed by atoms with Gasteiger partial charge in [0.2, 0.25) is 0 Å². The lowest BCUT2D eigenvalue weighted by molar-refractivity contribution is 0.0924. The number of hydrogen-bond acceptors (Lipinski definition) is 2. The van der Waals surface area contributed by atoms with Gasteiger partial charge in [-0.25, -0.2) is 4.39 Å². The molecule has 1 amide bonds. The van der Waals surface area contributed by atoms with E-state index in [1.807, 2.05) is 0 Å². The van der Waals surface area contributed by atoms with Crippen molar-refractivity contribution in [3.8, 4) is 5.75 Å². The number of hydrogen-bond donors (Lipinski definition) is 1. The minimum absolute atomic E-state index is 0.236. The Morgan fingerprint density at radius 1 is 1.29 bits per heavy atom. The van der Waals surface area contributed by atoms with E-state index in [0.717, 1.165) is 0 Å². The maximum Gasteiger partial charge on any atom is 0.251 e. The van der Waals surface area contributed by atoms with Gasteiger partial charge in [0, 0.05) is 22.6 Å². The molecular weight excluding hydrogens is 293 g/mol. The second-order valence-corrected chi connectivity index (χ2v) is 5.29. The Balaban J connectivity index is 1.83. The summed E-state index contributed by atoms with van der Waals surface area (Å²) in [5, 5.41) is 3.40. The van der Waals surface area contributed by atoms with E-state index in [1.54, 1.807) is 30.3 Å². The second-order valence-electron chi connectivity index (χ2n) is 4.86. The predicted octanol–water partition coefficient (Wildman–Crippen LogP) is 3.73. The van der Waals surface area contributed by atoms with Crippen LogP contribution < -0.4 is 10.1 Å². The molecule has 1 unspecified atom stereocenters. The van der Waals surface area contributed by atoms with Gasteiger partial charge in [0.05, 0.1) is 12.6 Å². The van der Waals surface area contributed by atoms with Crippen molar-refractivity contribution in [3.05, 3.63) is 64.4 Å². The average Bonchev–Trinajstić information content (AvgIpc) is 2.48. The lowest BCUT2D eigenvalue weighted by Crippen LogP contribution is -2.32. The van der Waals surface area contributed by atoms with Crippen LogP contribution in [0.3, 0.4) is 0 Å². The number of ether oxygens (including phenoxy) is 1. The summed E-state index contributed by atoms with van der Waals surface area (Å²) in [4.78, 5) is 12.3. The van der Waals surface area contributed by atoms with Crippen molar-refractivity contribution < 1.29 is 13.9 Å². The van der Waals surface area contributed by atoms with Gasteiger partial charge >= 0.3 is 0 Å². The number of rotatable bonds is 2. The molecule has 0 spiro atoms. The van der Waals surface area contributed by atoms with Crippen LogP contribution in [-0.2, 0) is 0 Å². The SMILES string of the molecule is O=C(NC1CCOc2ccc(F)cc21)c1cccc(Cl)c1. The van der Waals surface area contributed by atoms with E-state index < -0.39 is 0 Å². The van der Waals surface area contributed by atoms with Gasteiger partial charge < -0.3 is 10.1 Å². The molecule has 1 aliphatic rings. The molecule has 1 N–H and O–H groups in total. The molecule has 0 saturated heterocycles. The highest BCUT2D eigenvalue weighted by Crippen LogP contribution is 2.32. The zero-order valence-corrected chi connectivity index (χ0v) is 11.9. The molecule has 3 nitrogen and oxygen atoms in total. The molecule has 0 radical (unpaired) electrons. The van der Waals surface area contributed by atoms with Crippen LogP contribution in [0.25, 0.3) is 0 Å². The van der Waals surface area contributed by atoms with Crippen molar-refractivity contribution in [1.82, 2.24) is 5.32 Å². The van der Waals surface area contributed by atoms with Crippen LogP contribution in [0, 0.1) is 5.82 Å². The minimum atomic E-state index is -0.346. The number of fused-ring (bicyclic) bond motifs is 1. The molecule has 1 aliphatic heterocycles. The molecule has 2 aromatic carbocycles. The average molecular weight is 306 g/mol. The van der Waals surface area contributed by atoms with Crippen molar-refractivity contribution in [2.75, 3.05) is 6.61 Å². The number of carbonyl (C=O) groups is 1. The van der Waals surface area contributed by atoms with Crippen molar-refractivity contribution in [2.24, 2.45) is 0 Å². The lowest BCUT2D eigenvalue weighted by atomic mass is 10.00. The molecular formula is C16H13ClFNO2. The Kier molecular flexibility index (Phi) is 3.80. The monoisotopic (exact) mass is 305 g/mol. The van der Waals surface area contributed by atoms with Crippen LogP contribution in [0.5, 0.6) is 5.75 Å². The number of amides is 1. The van der Waals surface area contributed by atoms with Gasteiger partial charge in [-0.2, -0.15) is 0 Å². The zero-order valence-electron chi connectivity index (χ0n) is 11.1. The van der Waals surface area contributed by atoms with Gasteiger partial charge in [-0.05, 0) is 36.4 Å². The normalized spacial score (nSPS) is 16.8. The highest BCUT2D eigenvalue weighted by molar-refractivity contribution is 6.30. The summed E-state index contributed by atoms with van der Waals surface area (Å²) < 4.78 is 18.9. The number of benzene rings is 2. The fourth-order valence-electron chi connectivity index (χ4n) is 2.39. The number of halogens is 2. The minimum Gasteiger partial charge on any atom is -0.493 e. The van der Waals surface area contributed by atoms with E-state index in [9.17, 15) is 9.18 Å². The van der Waals surface area contributed by atoms with E-state index >= 15 is 0 Å². The van der Waals surface area contributed by atoms with E-state index in [2.05, 4.69) is 5.32 Å². The molecule has 0 fully saturated rings. The topological polar surface area (TPSA) is 38.3 Å². The lowest BCUT2D eigenvalue weighted by Gasteiger charge is -2.26. The first-order valence-electron chi connectivity index (χ1n) is 6.62. The number of carbonyl (C=O) groups excluding carboxylic acids is 1. The summed E-state index contributed by atoms with van der Waals surface area (Å²) >= 11 is 5.88. The molecule has 1 atom stereocenters. The fourth-order valence-corrected chi connectivity index (χ4v) is 2.58. The van der Waals surface area contributed by atoms with Gasteiger partial charge in [0.15, 0.2) is 0 Å². The Morgan fingerprint density at radius 2 is 2.14 bits per heavy atom. The van der Waals surface area contributed by atoms with Crippen molar-refractivity contribution in [3.63, 3.8) is 0 Å². The van der Waals surface area contributed by atoms with Crippen molar-refractivity contribution in [1.29, 1.82) is 0 Å². The molecule has 3 rings (SSSR count). The van der Waals surface area contributed by atoms with E-state index in [0.29, 0.717) is 34.9 Å². The standard InChI is InChI=1S/C16H13ClFNO2/c17-11-3-1-2-10(8-11)16(20)19-14-6-7-21-15-5-4-12(18)9-13(14)15/h1-5,8-9,14H,6-7H2,(H,19,20). The summed E-state index contributed by atoms with van der Waals surface area (Å²) in [5.41, 5.74) is 1.14. The third kappa shape index (κ3) is 3.00. The van der Waals surface area contributed by atoms with Crippen LogP contribution in [0.4, 0.5) is 4.39 Å². The second kappa shape index (κ2) is 5.74. The van der Waals surface area contributed by atoms with Crippen LogP contribution in [0.2, 0.25) is 5.02 Å².